The lowest BCUT2D eigenvalue weighted by molar-refractivity contribution is 0.400. The minimum atomic E-state index is -0.159. The van der Waals surface area contributed by atoms with Crippen LogP contribution in [0.4, 0.5) is 0 Å². The third-order valence-corrected chi connectivity index (χ3v) is 3.71. The fourth-order valence-electron chi connectivity index (χ4n) is 1.89. The predicted octanol–water partition coefficient (Wildman–Crippen LogP) is 1.23. The summed E-state index contributed by atoms with van der Waals surface area (Å²) < 4.78 is 7.22. The predicted molar refractivity (Wildman–Crippen MR) is 70.5 cm³/mol. The number of methoxy groups -OCH3 is 1. The SMILES string of the molecule is CCn1ncc(OC)c1C(NN)c1cnc(C)s1. The van der Waals surface area contributed by atoms with Crippen LogP contribution in [0.3, 0.4) is 0 Å². The molecule has 2 aromatic heterocycles. The molecule has 3 N–H and O–H groups in total. The molecule has 0 aliphatic rings. The second-order valence-electron chi connectivity index (χ2n) is 3.80. The minimum absolute atomic E-state index is 0.159. The molecule has 0 amide bonds. The number of nitrogens with zero attached hydrogens (tertiary/aromatic N) is 3. The molecule has 18 heavy (non-hydrogen) atoms. The molecule has 1 atom stereocenters. The molecule has 0 fully saturated rings. The second-order valence-corrected chi connectivity index (χ2v) is 5.06. The summed E-state index contributed by atoms with van der Waals surface area (Å²) in [6.45, 7) is 4.76. The average molecular weight is 267 g/mol. The number of hydrogen-bond donors (Lipinski definition) is 2. The first kappa shape index (κ1) is 13.0. The van der Waals surface area contributed by atoms with Gasteiger partial charge in [0.05, 0.1) is 18.3 Å². The zero-order chi connectivity index (χ0) is 13.1. The molecule has 0 aromatic carbocycles. The van der Waals surface area contributed by atoms with Gasteiger partial charge in [-0.05, 0) is 13.8 Å². The van der Waals surface area contributed by atoms with Crippen molar-refractivity contribution >= 4 is 11.3 Å². The van der Waals surface area contributed by atoms with Gasteiger partial charge in [-0.25, -0.2) is 10.4 Å². The van der Waals surface area contributed by atoms with Crippen molar-refractivity contribution in [1.29, 1.82) is 0 Å². The van der Waals surface area contributed by atoms with Gasteiger partial charge in [0.25, 0.3) is 0 Å². The lowest BCUT2D eigenvalue weighted by Crippen LogP contribution is -2.30. The van der Waals surface area contributed by atoms with Crippen molar-refractivity contribution in [2.75, 3.05) is 7.11 Å². The Labute approximate surface area is 110 Å². The minimum Gasteiger partial charge on any atom is -0.493 e. The third kappa shape index (κ3) is 2.24. The molecule has 98 valence electrons. The van der Waals surface area contributed by atoms with Gasteiger partial charge in [-0.1, -0.05) is 0 Å². The van der Waals surface area contributed by atoms with Crippen molar-refractivity contribution in [2.45, 2.75) is 26.4 Å². The molecular formula is C11H17N5OS. The van der Waals surface area contributed by atoms with Crippen molar-refractivity contribution in [3.05, 3.63) is 28.0 Å². The zero-order valence-corrected chi connectivity index (χ0v) is 11.5. The quantitative estimate of drug-likeness (QED) is 0.629. The summed E-state index contributed by atoms with van der Waals surface area (Å²) >= 11 is 1.61. The number of thiazole rings is 1. The Balaban J connectivity index is 2.46. The molecule has 0 saturated carbocycles. The van der Waals surface area contributed by atoms with E-state index in [-0.39, 0.29) is 6.04 Å². The van der Waals surface area contributed by atoms with Crippen LogP contribution in [-0.4, -0.2) is 21.9 Å². The van der Waals surface area contributed by atoms with Crippen molar-refractivity contribution < 1.29 is 4.74 Å². The van der Waals surface area contributed by atoms with E-state index in [9.17, 15) is 0 Å². The van der Waals surface area contributed by atoms with Gasteiger partial charge in [0.15, 0.2) is 5.75 Å². The molecule has 7 heteroatoms. The molecular weight excluding hydrogens is 250 g/mol. The highest BCUT2D eigenvalue weighted by atomic mass is 32.1. The van der Waals surface area contributed by atoms with Crippen molar-refractivity contribution in [2.24, 2.45) is 5.84 Å². The summed E-state index contributed by atoms with van der Waals surface area (Å²) in [5.41, 5.74) is 3.74. The van der Waals surface area contributed by atoms with E-state index in [4.69, 9.17) is 10.6 Å². The maximum absolute atomic E-state index is 5.68. The van der Waals surface area contributed by atoms with Gasteiger partial charge in [0, 0.05) is 17.6 Å². The van der Waals surface area contributed by atoms with Gasteiger partial charge in [0.1, 0.15) is 11.7 Å². The van der Waals surface area contributed by atoms with E-state index in [1.54, 1.807) is 24.6 Å². The topological polar surface area (TPSA) is 78.0 Å². The number of rotatable bonds is 5. The van der Waals surface area contributed by atoms with E-state index in [0.29, 0.717) is 0 Å². The number of nitrogens with two attached hydrogens (primary N) is 1. The Morgan fingerprint density at radius 1 is 1.56 bits per heavy atom. The summed E-state index contributed by atoms with van der Waals surface area (Å²) in [6, 6.07) is -0.159. The van der Waals surface area contributed by atoms with Crippen LogP contribution < -0.4 is 16.0 Å². The number of aryl methyl sites for hydroxylation is 2. The molecule has 0 spiro atoms. The third-order valence-electron chi connectivity index (χ3n) is 2.73. The van der Waals surface area contributed by atoms with E-state index in [0.717, 1.165) is 27.9 Å². The molecule has 2 heterocycles. The van der Waals surface area contributed by atoms with E-state index in [1.807, 2.05) is 24.7 Å². The largest absolute Gasteiger partial charge is 0.493 e. The Hall–Kier alpha value is -1.44. The number of ether oxygens (including phenoxy) is 1. The van der Waals surface area contributed by atoms with Crippen LogP contribution in [0.5, 0.6) is 5.75 Å². The molecule has 2 aromatic rings. The first-order valence-corrected chi connectivity index (χ1v) is 6.51. The summed E-state index contributed by atoms with van der Waals surface area (Å²) in [5.74, 6) is 6.41. The van der Waals surface area contributed by atoms with E-state index in [2.05, 4.69) is 15.5 Å². The molecule has 0 radical (unpaired) electrons. The van der Waals surface area contributed by atoms with E-state index >= 15 is 0 Å². The monoisotopic (exact) mass is 267 g/mol. The Kier molecular flexibility index (Phi) is 3.95. The molecule has 0 aliphatic heterocycles. The fraction of sp³-hybridized carbons (Fsp3) is 0.455. The first-order chi connectivity index (χ1) is 8.71. The number of nitrogens with one attached hydrogen (secondary N) is 1. The molecule has 0 bridgehead atoms. The highest BCUT2D eigenvalue weighted by Gasteiger charge is 2.23. The van der Waals surface area contributed by atoms with Gasteiger partial charge in [0.2, 0.25) is 0 Å². The highest BCUT2D eigenvalue weighted by molar-refractivity contribution is 7.11. The van der Waals surface area contributed by atoms with Crippen molar-refractivity contribution in [3.8, 4) is 5.75 Å². The summed E-state index contributed by atoms with van der Waals surface area (Å²) in [4.78, 5) is 5.30. The lowest BCUT2D eigenvalue weighted by Gasteiger charge is -2.16. The number of aromatic nitrogens is 3. The normalized spacial score (nSPS) is 12.7. The van der Waals surface area contributed by atoms with Gasteiger partial charge in [-0.3, -0.25) is 10.5 Å². The summed E-state index contributed by atoms with van der Waals surface area (Å²) in [5, 5.41) is 5.29. The number of hydrogen-bond acceptors (Lipinski definition) is 6. The lowest BCUT2D eigenvalue weighted by atomic mass is 10.2. The van der Waals surface area contributed by atoms with Gasteiger partial charge >= 0.3 is 0 Å². The highest BCUT2D eigenvalue weighted by Crippen LogP contribution is 2.32. The van der Waals surface area contributed by atoms with E-state index < -0.39 is 0 Å². The first-order valence-electron chi connectivity index (χ1n) is 5.69. The van der Waals surface area contributed by atoms with Crippen LogP contribution in [0.2, 0.25) is 0 Å². The molecule has 0 aliphatic carbocycles. The van der Waals surface area contributed by atoms with Gasteiger partial charge < -0.3 is 4.74 Å². The molecule has 1 unspecified atom stereocenters. The van der Waals surface area contributed by atoms with Crippen LogP contribution in [0.1, 0.15) is 28.5 Å². The van der Waals surface area contributed by atoms with Crippen LogP contribution in [0.15, 0.2) is 12.4 Å². The smallest absolute Gasteiger partial charge is 0.162 e. The number of hydrazine groups is 1. The van der Waals surface area contributed by atoms with Gasteiger partial charge in [-0.15, -0.1) is 11.3 Å². The standard InChI is InChI=1S/C11H17N5OS/c1-4-16-11(8(17-3)5-14-16)10(15-12)9-6-13-7(2)18-9/h5-6,10,15H,4,12H2,1-3H3. The Bertz CT molecular complexity index is 500. The van der Waals surface area contributed by atoms with Crippen LogP contribution in [0, 0.1) is 6.92 Å². The zero-order valence-electron chi connectivity index (χ0n) is 10.7. The summed E-state index contributed by atoms with van der Waals surface area (Å²) in [6.07, 6.45) is 3.54. The average Bonchev–Trinajstić information content (AvgIpc) is 2.97. The van der Waals surface area contributed by atoms with Crippen LogP contribution in [-0.2, 0) is 6.54 Å². The maximum Gasteiger partial charge on any atom is 0.162 e. The second kappa shape index (κ2) is 5.47. The fourth-order valence-corrected chi connectivity index (χ4v) is 2.73. The van der Waals surface area contributed by atoms with Crippen molar-refractivity contribution in [3.63, 3.8) is 0 Å². The van der Waals surface area contributed by atoms with Crippen molar-refractivity contribution in [1.82, 2.24) is 20.2 Å². The van der Waals surface area contributed by atoms with Gasteiger partial charge in [-0.2, -0.15) is 5.10 Å². The Morgan fingerprint density at radius 2 is 2.33 bits per heavy atom. The molecule has 0 saturated heterocycles. The molecule has 2 rings (SSSR count). The molecule has 6 nitrogen and oxygen atoms in total. The van der Waals surface area contributed by atoms with E-state index in [1.165, 1.54) is 0 Å². The summed E-state index contributed by atoms with van der Waals surface area (Å²) in [7, 11) is 1.63. The maximum atomic E-state index is 5.68. The Morgan fingerprint density at radius 3 is 2.83 bits per heavy atom. The van der Waals surface area contributed by atoms with Crippen LogP contribution in [0.25, 0.3) is 0 Å². The van der Waals surface area contributed by atoms with Crippen LogP contribution >= 0.6 is 11.3 Å².